The van der Waals surface area contributed by atoms with E-state index in [1.165, 1.54) is 0 Å². The maximum absolute atomic E-state index is 5.04. The first-order valence-electron chi connectivity index (χ1n) is 10.2. The molecule has 154 valence electrons. The van der Waals surface area contributed by atoms with Gasteiger partial charge < -0.3 is 15.1 Å². The van der Waals surface area contributed by atoms with Crippen LogP contribution in [0.1, 0.15) is 24.7 Å². The van der Waals surface area contributed by atoms with Crippen molar-refractivity contribution in [3.8, 4) is 11.3 Å². The average molecular weight is 402 g/mol. The summed E-state index contributed by atoms with van der Waals surface area (Å²) in [6, 6.07) is 10.2. The Hall–Kier alpha value is -3.48. The molecule has 7 heteroatoms. The van der Waals surface area contributed by atoms with Crippen LogP contribution in [0.2, 0.25) is 0 Å². The molecule has 7 nitrogen and oxygen atoms in total. The predicted molar refractivity (Wildman–Crippen MR) is 122 cm³/mol. The topological polar surface area (TPSA) is 70.1 Å². The Kier molecular flexibility index (Phi) is 5.61. The minimum Gasteiger partial charge on any atom is -0.372 e. The lowest BCUT2D eigenvalue weighted by Gasteiger charge is -2.27. The van der Waals surface area contributed by atoms with Crippen LogP contribution in [0.4, 0.5) is 17.3 Å². The Labute approximate surface area is 177 Å². The fourth-order valence-electron chi connectivity index (χ4n) is 3.63. The first kappa shape index (κ1) is 19.8. The van der Waals surface area contributed by atoms with Crippen molar-refractivity contribution in [3.05, 3.63) is 66.6 Å². The van der Waals surface area contributed by atoms with Crippen LogP contribution in [0.3, 0.4) is 0 Å². The molecule has 4 rings (SSSR count). The molecule has 0 bridgehead atoms. The van der Waals surface area contributed by atoms with Crippen LogP contribution in [-0.4, -0.2) is 40.1 Å². The largest absolute Gasteiger partial charge is 0.372 e. The zero-order valence-electron chi connectivity index (χ0n) is 17.8. The Morgan fingerprint density at radius 1 is 1.13 bits per heavy atom. The van der Waals surface area contributed by atoms with E-state index in [4.69, 9.17) is 4.98 Å². The van der Waals surface area contributed by atoms with E-state index in [9.17, 15) is 0 Å². The molecule has 1 aliphatic rings. The number of nitrogens with one attached hydrogen (secondary N) is 1. The normalized spacial score (nSPS) is 13.6. The second kappa shape index (κ2) is 8.49. The number of rotatable bonds is 5. The molecule has 0 atom stereocenters. The smallest absolute Gasteiger partial charge is 0.158 e. The molecule has 0 aliphatic carbocycles. The fourth-order valence-corrected chi connectivity index (χ4v) is 3.63. The van der Waals surface area contributed by atoms with Crippen LogP contribution < -0.4 is 15.1 Å². The Balaban J connectivity index is 1.70. The van der Waals surface area contributed by atoms with Crippen molar-refractivity contribution in [1.29, 1.82) is 0 Å². The molecule has 1 N–H and O–H groups in total. The quantitative estimate of drug-likeness (QED) is 0.692. The SMILES string of the molecule is C=C(Nc1cc(CC)ncn1)N1CCCN(C)c2ccc(-c3ccnc(C)c3)nc21. The number of aromatic nitrogens is 4. The maximum atomic E-state index is 5.04. The van der Waals surface area contributed by atoms with E-state index in [0.717, 1.165) is 71.7 Å². The third-order valence-electron chi connectivity index (χ3n) is 5.27. The Bertz CT molecular complexity index is 1060. The zero-order valence-corrected chi connectivity index (χ0v) is 17.8. The van der Waals surface area contributed by atoms with Gasteiger partial charge in [-0.2, -0.15) is 0 Å². The van der Waals surface area contributed by atoms with Gasteiger partial charge in [0.2, 0.25) is 0 Å². The summed E-state index contributed by atoms with van der Waals surface area (Å²) in [6.45, 7) is 10.1. The molecule has 30 heavy (non-hydrogen) atoms. The van der Waals surface area contributed by atoms with Gasteiger partial charge >= 0.3 is 0 Å². The Morgan fingerprint density at radius 3 is 2.80 bits per heavy atom. The first-order valence-corrected chi connectivity index (χ1v) is 10.2. The summed E-state index contributed by atoms with van der Waals surface area (Å²) in [5, 5.41) is 3.35. The zero-order chi connectivity index (χ0) is 21.1. The fraction of sp³-hybridized carbons (Fsp3) is 0.304. The van der Waals surface area contributed by atoms with Gasteiger partial charge in [0.05, 0.1) is 11.4 Å². The van der Waals surface area contributed by atoms with Gasteiger partial charge in [-0.25, -0.2) is 15.0 Å². The summed E-state index contributed by atoms with van der Waals surface area (Å²) >= 11 is 0. The summed E-state index contributed by atoms with van der Waals surface area (Å²) in [7, 11) is 2.11. The molecule has 0 amide bonds. The van der Waals surface area contributed by atoms with Crippen LogP contribution >= 0.6 is 0 Å². The van der Waals surface area contributed by atoms with Gasteiger partial charge in [0, 0.05) is 49.4 Å². The van der Waals surface area contributed by atoms with E-state index in [1.807, 2.05) is 25.3 Å². The van der Waals surface area contributed by atoms with Crippen LogP contribution in [0.15, 0.2) is 55.3 Å². The van der Waals surface area contributed by atoms with Gasteiger partial charge in [-0.15, -0.1) is 0 Å². The summed E-state index contributed by atoms with van der Waals surface area (Å²) in [5.74, 6) is 2.39. The monoisotopic (exact) mass is 401 g/mol. The van der Waals surface area contributed by atoms with E-state index < -0.39 is 0 Å². The third-order valence-corrected chi connectivity index (χ3v) is 5.27. The molecule has 0 aromatic carbocycles. The molecule has 0 spiro atoms. The summed E-state index contributed by atoms with van der Waals surface area (Å²) < 4.78 is 0. The lowest BCUT2D eigenvalue weighted by Crippen LogP contribution is -2.28. The average Bonchev–Trinajstić information content (AvgIpc) is 2.92. The Morgan fingerprint density at radius 2 is 2.00 bits per heavy atom. The van der Waals surface area contributed by atoms with Gasteiger partial charge in [-0.3, -0.25) is 4.98 Å². The second-order valence-corrected chi connectivity index (χ2v) is 7.47. The highest BCUT2D eigenvalue weighted by molar-refractivity contribution is 5.75. The number of pyridine rings is 2. The predicted octanol–water partition coefficient (Wildman–Crippen LogP) is 4.03. The third kappa shape index (κ3) is 4.10. The minimum absolute atomic E-state index is 0.743. The molecule has 3 aromatic heterocycles. The van der Waals surface area contributed by atoms with E-state index in [2.05, 4.69) is 68.8 Å². The minimum atomic E-state index is 0.743. The molecule has 4 heterocycles. The van der Waals surface area contributed by atoms with Crippen molar-refractivity contribution in [3.63, 3.8) is 0 Å². The van der Waals surface area contributed by atoms with Crippen LogP contribution in [0.5, 0.6) is 0 Å². The number of aryl methyl sites for hydroxylation is 2. The van der Waals surface area contributed by atoms with E-state index >= 15 is 0 Å². The summed E-state index contributed by atoms with van der Waals surface area (Å²) in [6.07, 6.45) is 5.27. The van der Waals surface area contributed by atoms with E-state index in [-0.39, 0.29) is 0 Å². The molecule has 0 fully saturated rings. The number of nitrogens with zero attached hydrogens (tertiary/aromatic N) is 6. The van der Waals surface area contributed by atoms with Crippen molar-refractivity contribution in [2.75, 3.05) is 35.3 Å². The van der Waals surface area contributed by atoms with Crippen molar-refractivity contribution in [2.45, 2.75) is 26.7 Å². The van der Waals surface area contributed by atoms with Crippen molar-refractivity contribution in [1.82, 2.24) is 19.9 Å². The lowest BCUT2D eigenvalue weighted by molar-refractivity contribution is 0.789. The lowest BCUT2D eigenvalue weighted by atomic mass is 10.1. The molecule has 0 radical (unpaired) electrons. The van der Waals surface area contributed by atoms with Crippen LogP contribution in [0, 0.1) is 6.92 Å². The summed E-state index contributed by atoms with van der Waals surface area (Å²) in [5.41, 5.74) is 5.02. The van der Waals surface area contributed by atoms with Gasteiger partial charge in [-0.1, -0.05) is 13.5 Å². The highest BCUT2D eigenvalue weighted by Crippen LogP contribution is 2.34. The molecular formula is C23H27N7. The van der Waals surface area contributed by atoms with Crippen molar-refractivity contribution >= 4 is 17.3 Å². The van der Waals surface area contributed by atoms with Crippen molar-refractivity contribution in [2.24, 2.45) is 0 Å². The van der Waals surface area contributed by atoms with Crippen LogP contribution in [-0.2, 0) is 6.42 Å². The standard InChI is InChI=1S/C23H27N7/c1-5-19-14-22(26-15-25-19)27-17(3)30-12-6-11-29(4)21-8-7-20(28-23(21)30)18-9-10-24-16(2)13-18/h7-10,13-15H,3,5-6,11-12H2,1-2,4H3,(H,25,26,27). The number of fused-ring (bicyclic) bond motifs is 1. The second-order valence-electron chi connectivity index (χ2n) is 7.47. The summed E-state index contributed by atoms with van der Waals surface area (Å²) in [4.78, 5) is 22.3. The molecule has 3 aromatic rings. The molecule has 1 aliphatic heterocycles. The molecular weight excluding hydrogens is 374 g/mol. The van der Waals surface area contributed by atoms with E-state index in [1.54, 1.807) is 6.33 Å². The number of hydrogen-bond donors (Lipinski definition) is 1. The van der Waals surface area contributed by atoms with Gasteiger partial charge in [-0.05, 0) is 44.0 Å². The van der Waals surface area contributed by atoms with Gasteiger partial charge in [0.15, 0.2) is 5.82 Å². The number of anilines is 3. The van der Waals surface area contributed by atoms with E-state index in [0.29, 0.717) is 0 Å². The highest BCUT2D eigenvalue weighted by Gasteiger charge is 2.23. The maximum Gasteiger partial charge on any atom is 0.158 e. The molecule has 0 saturated carbocycles. The highest BCUT2D eigenvalue weighted by atomic mass is 15.3. The first-order chi connectivity index (χ1) is 14.5. The van der Waals surface area contributed by atoms with Crippen molar-refractivity contribution < 1.29 is 0 Å². The number of hydrogen-bond acceptors (Lipinski definition) is 7. The molecule has 0 unspecified atom stereocenters. The van der Waals surface area contributed by atoms with Crippen LogP contribution in [0.25, 0.3) is 11.3 Å². The molecule has 0 saturated heterocycles. The van der Waals surface area contributed by atoms with Gasteiger partial charge in [0.25, 0.3) is 0 Å². The van der Waals surface area contributed by atoms with Gasteiger partial charge in [0.1, 0.15) is 18.0 Å².